The third-order valence-corrected chi connectivity index (χ3v) is 11.2. The van der Waals surface area contributed by atoms with Crippen LogP contribution in [-0.4, -0.2) is 24.1 Å². The van der Waals surface area contributed by atoms with Crippen molar-refractivity contribution in [1.82, 2.24) is 24.1 Å². The van der Waals surface area contributed by atoms with Crippen LogP contribution in [0.25, 0.3) is 105 Å². The van der Waals surface area contributed by atoms with E-state index in [-0.39, 0.29) is 0 Å². The average Bonchev–Trinajstić information content (AvgIpc) is 4.04. The summed E-state index contributed by atoms with van der Waals surface area (Å²) in [7, 11) is 0. The lowest BCUT2D eigenvalue weighted by molar-refractivity contribution is 0.673. The lowest BCUT2D eigenvalue weighted by Gasteiger charge is -2.18. The van der Waals surface area contributed by atoms with Gasteiger partial charge in [-0.1, -0.05) is 145 Å². The molecule has 0 aliphatic carbocycles. The minimum Gasteiger partial charge on any atom is -0.455 e. The van der Waals surface area contributed by atoms with Crippen molar-refractivity contribution >= 4 is 65.6 Å². The molecule has 12 rings (SSSR count). The van der Waals surface area contributed by atoms with Crippen molar-refractivity contribution in [3.05, 3.63) is 188 Å². The summed E-state index contributed by atoms with van der Waals surface area (Å²) < 4.78 is 13.5. The van der Waals surface area contributed by atoms with Gasteiger partial charge < -0.3 is 13.6 Å². The molecule has 6 heteroatoms. The molecule has 6 nitrogen and oxygen atoms in total. The zero-order chi connectivity index (χ0) is 36.7. The Balaban J connectivity index is 1.19. The van der Waals surface area contributed by atoms with E-state index in [0.717, 1.165) is 105 Å². The zero-order valence-corrected chi connectivity index (χ0v) is 30.0. The van der Waals surface area contributed by atoms with Crippen molar-refractivity contribution in [2.45, 2.75) is 0 Å². The highest BCUT2D eigenvalue weighted by Crippen LogP contribution is 2.44. The van der Waals surface area contributed by atoms with E-state index in [1.54, 1.807) is 0 Å². The van der Waals surface area contributed by atoms with E-state index in [1.165, 1.54) is 0 Å². The summed E-state index contributed by atoms with van der Waals surface area (Å²) in [6, 6.07) is 66.1. The quantitative estimate of drug-likeness (QED) is 0.178. The van der Waals surface area contributed by atoms with Gasteiger partial charge in [0, 0.05) is 38.1 Å². The molecule has 0 N–H and O–H groups in total. The number of fused-ring (bicyclic) bond motifs is 10. The molecule has 0 aliphatic rings. The van der Waals surface area contributed by atoms with Crippen LogP contribution < -0.4 is 0 Å². The van der Waals surface area contributed by atoms with Crippen LogP contribution in [0.1, 0.15) is 0 Å². The Morgan fingerprint density at radius 2 is 0.982 bits per heavy atom. The standard InChI is InChI=1S/C50H31N5O/c1-3-16-32(17-4-1)47-48(33-18-5-2-6-19-33)55(52-51-47)44-28-15-23-36-34-20-7-10-24-39(34)54(49(36)44)42-27-13-12-26-41(42)53-40-25-11-8-22-38(40)46-43(53)31-30-37-35-21-9-14-29-45(35)56-50(37)46/h1-31H. The van der Waals surface area contributed by atoms with Gasteiger partial charge in [0.05, 0.1) is 44.5 Å². The number of hydrogen-bond acceptors (Lipinski definition) is 3. The second-order valence-electron chi connectivity index (χ2n) is 14.2. The van der Waals surface area contributed by atoms with Crippen LogP contribution in [-0.2, 0) is 0 Å². The van der Waals surface area contributed by atoms with Gasteiger partial charge in [0.15, 0.2) is 0 Å². The fourth-order valence-corrected chi connectivity index (χ4v) is 8.85. The van der Waals surface area contributed by atoms with Gasteiger partial charge in [0.1, 0.15) is 22.6 Å². The topological polar surface area (TPSA) is 53.7 Å². The van der Waals surface area contributed by atoms with E-state index < -0.39 is 0 Å². The molecular formula is C50H31N5O. The molecular weight excluding hydrogens is 687 g/mol. The van der Waals surface area contributed by atoms with Crippen molar-refractivity contribution in [2.24, 2.45) is 0 Å². The normalized spacial score (nSPS) is 11.9. The summed E-state index contributed by atoms with van der Waals surface area (Å²) in [6.07, 6.45) is 0. The monoisotopic (exact) mass is 717 g/mol. The van der Waals surface area contributed by atoms with E-state index in [2.05, 4.69) is 167 Å². The molecule has 0 spiro atoms. The van der Waals surface area contributed by atoms with Crippen LogP contribution in [0, 0.1) is 0 Å². The Morgan fingerprint density at radius 3 is 1.77 bits per heavy atom. The lowest BCUT2D eigenvalue weighted by atomic mass is 10.0. The summed E-state index contributed by atoms with van der Waals surface area (Å²) in [6.45, 7) is 0. The van der Waals surface area contributed by atoms with Gasteiger partial charge >= 0.3 is 0 Å². The van der Waals surface area contributed by atoms with E-state index >= 15 is 0 Å². The molecule has 0 atom stereocenters. The maximum Gasteiger partial charge on any atom is 0.145 e. The van der Waals surface area contributed by atoms with E-state index in [1.807, 2.05) is 35.0 Å². The molecule has 262 valence electrons. The molecule has 0 unspecified atom stereocenters. The second-order valence-corrected chi connectivity index (χ2v) is 14.2. The van der Waals surface area contributed by atoms with Crippen molar-refractivity contribution in [2.75, 3.05) is 0 Å². The molecule has 4 aromatic heterocycles. The van der Waals surface area contributed by atoms with Gasteiger partial charge in [-0.2, -0.15) is 0 Å². The first kappa shape index (κ1) is 30.7. The first-order chi connectivity index (χ1) is 27.8. The SMILES string of the molecule is c1ccc(-c2nnn(-c3cccc4c5ccccc5n(-c5ccccc5-n5c6ccccc6c6c7oc8ccccc8c7ccc65)c34)c2-c2ccccc2)cc1. The number of rotatable bonds is 5. The highest BCUT2D eigenvalue weighted by atomic mass is 16.3. The first-order valence-electron chi connectivity index (χ1n) is 18.9. The second kappa shape index (κ2) is 11.9. The third-order valence-electron chi connectivity index (χ3n) is 11.2. The smallest absolute Gasteiger partial charge is 0.145 e. The Kier molecular flexibility index (Phi) is 6.53. The molecule has 0 bridgehead atoms. The van der Waals surface area contributed by atoms with Crippen LogP contribution in [0.5, 0.6) is 0 Å². The van der Waals surface area contributed by atoms with Crippen LogP contribution in [0.3, 0.4) is 0 Å². The van der Waals surface area contributed by atoms with Gasteiger partial charge in [-0.3, -0.25) is 0 Å². The summed E-state index contributed by atoms with van der Waals surface area (Å²) in [5, 5.41) is 16.6. The van der Waals surface area contributed by atoms with Crippen molar-refractivity contribution in [3.63, 3.8) is 0 Å². The van der Waals surface area contributed by atoms with Gasteiger partial charge in [0.25, 0.3) is 0 Å². The number of benzene rings is 8. The van der Waals surface area contributed by atoms with Crippen LogP contribution in [0.4, 0.5) is 0 Å². The number of furan rings is 1. The van der Waals surface area contributed by atoms with Crippen LogP contribution in [0.15, 0.2) is 192 Å². The summed E-state index contributed by atoms with van der Waals surface area (Å²) in [4.78, 5) is 0. The fraction of sp³-hybridized carbons (Fsp3) is 0. The minimum absolute atomic E-state index is 0.832. The molecule has 0 radical (unpaired) electrons. The van der Waals surface area contributed by atoms with Gasteiger partial charge in [0.2, 0.25) is 0 Å². The van der Waals surface area contributed by atoms with Crippen molar-refractivity contribution in [3.8, 4) is 39.6 Å². The van der Waals surface area contributed by atoms with Crippen molar-refractivity contribution in [1.29, 1.82) is 0 Å². The summed E-state index contributed by atoms with van der Waals surface area (Å²) in [5.41, 5.74) is 13.0. The highest BCUT2D eigenvalue weighted by molar-refractivity contribution is 6.24. The largest absolute Gasteiger partial charge is 0.455 e. The number of para-hydroxylation sites is 6. The summed E-state index contributed by atoms with van der Waals surface area (Å²) in [5.74, 6) is 0. The van der Waals surface area contributed by atoms with Crippen LogP contribution in [0.2, 0.25) is 0 Å². The molecule has 0 saturated carbocycles. The first-order valence-corrected chi connectivity index (χ1v) is 18.9. The molecule has 0 saturated heterocycles. The van der Waals surface area contributed by atoms with E-state index in [0.29, 0.717) is 0 Å². The molecule has 0 aliphatic heterocycles. The highest BCUT2D eigenvalue weighted by Gasteiger charge is 2.25. The van der Waals surface area contributed by atoms with Crippen LogP contribution >= 0.6 is 0 Å². The van der Waals surface area contributed by atoms with Gasteiger partial charge in [-0.25, -0.2) is 4.68 Å². The molecule has 12 aromatic rings. The van der Waals surface area contributed by atoms with Gasteiger partial charge in [-0.05, 0) is 48.5 Å². The predicted molar refractivity (Wildman–Crippen MR) is 228 cm³/mol. The fourth-order valence-electron chi connectivity index (χ4n) is 8.85. The zero-order valence-electron chi connectivity index (χ0n) is 30.0. The average molecular weight is 718 g/mol. The molecule has 56 heavy (non-hydrogen) atoms. The number of hydrogen-bond donors (Lipinski definition) is 0. The Hall–Kier alpha value is -7.70. The lowest BCUT2D eigenvalue weighted by Crippen LogP contribution is -2.06. The Morgan fingerprint density at radius 1 is 0.393 bits per heavy atom. The molecule has 4 heterocycles. The van der Waals surface area contributed by atoms with Gasteiger partial charge in [-0.15, -0.1) is 5.10 Å². The molecule has 8 aromatic carbocycles. The van der Waals surface area contributed by atoms with E-state index in [4.69, 9.17) is 14.7 Å². The van der Waals surface area contributed by atoms with E-state index in [9.17, 15) is 0 Å². The Labute approximate surface area is 320 Å². The maximum atomic E-state index is 6.65. The predicted octanol–water partition coefficient (Wildman–Crippen LogP) is 12.7. The molecule has 0 amide bonds. The molecule has 0 fully saturated rings. The summed E-state index contributed by atoms with van der Waals surface area (Å²) >= 11 is 0. The minimum atomic E-state index is 0.832. The third kappa shape index (κ3) is 4.32. The van der Waals surface area contributed by atoms with Crippen molar-refractivity contribution < 1.29 is 4.42 Å². The Bertz CT molecular complexity index is 3480. The number of aromatic nitrogens is 5. The maximum absolute atomic E-state index is 6.65. The number of nitrogens with zero attached hydrogens (tertiary/aromatic N) is 5.